The van der Waals surface area contributed by atoms with Crippen molar-refractivity contribution in [3.05, 3.63) is 35.4 Å². The number of benzene rings is 1. The summed E-state index contributed by atoms with van der Waals surface area (Å²) >= 11 is 0. The smallest absolute Gasteiger partial charge is 0.336 e. The molecular weight excluding hydrogens is 270 g/mol. The molecule has 21 heavy (non-hydrogen) atoms. The Labute approximate surface area is 124 Å². The van der Waals surface area contributed by atoms with Crippen LogP contribution in [0.15, 0.2) is 24.3 Å². The van der Waals surface area contributed by atoms with Gasteiger partial charge in [-0.15, -0.1) is 0 Å². The molecule has 1 aromatic carbocycles. The molecule has 0 spiro atoms. The lowest BCUT2D eigenvalue weighted by molar-refractivity contribution is 0.00205. The van der Waals surface area contributed by atoms with Gasteiger partial charge in [0.05, 0.1) is 17.2 Å². The molecule has 1 N–H and O–H groups in total. The third-order valence-electron chi connectivity index (χ3n) is 3.61. The molecule has 0 saturated carbocycles. The molecular formula is C16H21NO4. The zero-order valence-corrected chi connectivity index (χ0v) is 12.2. The number of carbonyl (C=O) groups is 2. The fourth-order valence-electron chi connectivity index (χ4n) is 2.57. The summed E-state index contributed by atoms with van der Waals surface area (Å²) in [7, 11) is 0. The summed E-state index contributed by atoms with van der Waals surface area (Å²) in [6.07, 6.45) is 2.84. The van der Waals surface area contributed by atoms with Crippen LogP contribution < -0.4 is 0 Å². The summed E-state index contributed by atoms with van der Waals surface area (Å²) in [5, 5.41) is 9.19. The van der Waals surface area contributed by atoms with E-state index in [4.69, 9.17) is 4.74 Å². The number of piperidine rings is 1. The molecule has 0 bridgehead atoms. The first kappa shape index (κ1) is 15.5. The van der Waals surface area contributed by atoms with Gasteiger partial charge in [-0.05, 0) is 31.4 Å². The zero-order chi connectivity index (χ0) is 15.2. The predicted molar refractivity (Wildman–Crippen MR) is 78.6 cm³/mol. The number of ether oxygens (including phenoxy) is 1. The summed E-state index contributed by atoms with van der Waals surface area (Å²) in [5.41, 5.74) is 0.306. The number of hydrogen-bond donors (Lipinski definition) is 1. The highest BCUT2D eigenvalue weighted by molar-refractivity contribution is 6.04. The second-order valence-corrected chi connectivity index (χ2v) is 5.24. The maximum atomic E-state index is 12.6. The van der Waals surface area contributed by atoms with Gasteiger partial charge in [0.15, 0.2) is 0 Å². The third-order valence-corrected chi connectivity index (χ3v) is 3.61. The van der Waals surface area contributed by atoms with Crippen LogP contribution in [0.4, 0.5) is 0 Å². The van der Waals surface area contributed by atoms with E-state index in [1.54, 1.807) is 23.1 Å². The van der Waals surface area contributed by atoms with Gasteiger partial charge in [-0.1, -0.05) is 19.1 Å². The molecule has 1 aliphatic rings. The Kier molecular flexibility index (Phi) is 5.33. The van der Waals surface area contributed by atoms with E-state index < -0.39 is 5.97 Å². The highest BCUT2D eigenvalue weighted by Crippen LogP contribution is 2.18. The molecule has 1 amide bonds. The Morgan fingerprint density at radius 3 is 2.71 bits per heavy atom. The summed E-state index contributed by atoms with van der Waals surface area (Å²) in [6, 6.07) is 6.35. The largest absolute Gasteiger partial charge is 0.478 e. The normalized spacial score (nSPS) is 18.5. The first-order chi connectivity index (χ1) is 10.1. The lowest BCUT2D eigenvalue weighted by Crippen LogP contribution is -2.43. The van der Waals surface area contributed by atoms with Crippen molar-refractivity contribution in [1.29, 1.82) is 0 Å². The van der Waals surface area contributed by atoms with E-state index in [9.17, 15) is 14.7 Å². The Morgan fingerprint density at radius 1 is 1.33 bits per heavy atom. The second kappa shape index (κ2) is 7.22. The lowest BCUT2D eigenvalue weighted by Gasteiger charge is -2.33. The number of aromatic carboxylic acids is 1. The number of carboxylic acids is 1. The van der Waals surface area contributed by atoms with E-state index in [1.165, 1.54) is 6.07 Å². The van der Waals surface area contributed by atoms with Crippen molar-refractivity contribution < 1.29 is 19.4 Å². The van der Waals surface area contributed by atoms with E-state index in [0.717, 1.165) is 19.3 Å². The molecule has 0 radical (unpaired) electrons. The molecule has 2 rings (SSSR count). The average Bonchev–Trinajstić information content (AvgIpc) is 2.52. The summed E-state index contributed by atoms with van der Waals surface area (Å²) in [6.45, 7) is 3.93. The highest BCUT2D eigenvalue weighted by Gasteiger charge is 2.27. The Balaban J connectivity index is 2.11. The van der Waals surface area contributed by atoms with Gasteiger partial charge < -0.3 is 14.7 Å². The number of nitrogens with zero attached hydrogens (tertiary/aromatic N) is 1. The van der Waals surface area contributed by atoms with Crippen LogP contribution in [0.25, 0.3) is 0 Å². The van der Waals surface area contributed by atoms with E-state index in [1.807, 2.05) is 0 Å². The number of carbonyl (C=O) groups excluding carboxylic acids is 1. The number of amides is 1. The minimum Gasteiger partial charge on any atom is -0.478 e. The SMILES string of the molecule is CCCOC1CCCN(C(=O)c2ccccc2C(=O)O)C1. The summed E-state index contributed by atoms with van der Waals surface area (Å²) in [4.78, 5) is 25.5. The van der Waals surface area contributed by atoms with Gasteiger partial charge in [0.1, 0.15) is 0 Å². The van der Waals surface area contributed by atoms with Gasteiger partial charge in [-0.25, -0.2) is 4.79 Å². The number of hydrogen-bond acceptors (Lipinski definition) is 3. The lowest BCUT2D eigenvalue weighted by atomic mass is 10.0. The monoisotopic (exact) mass is 291 g/mol. The van der Waals surface area contributed by atoms with Crippen LogP contribution >= 0.6 is 0 Å². The number of rotatable bonds is 5. The Morgan fingerprint density at radius 2 is 2.05 bits per heavy atom. The van der Waals surface area contributed by atoms with Crippen LogP contribution in [0.2, 0.25) is 0 Å². The van der Waals surface area contributed by atoms with E-state index in [2.05, 4.69) is 6.92 Å². The van der Waals surface area contributed by atoms with Crippen molar-refractivity contribution >= 4 is 11.9 Å². The van der Waals surface area contributed by atoms with E-state index in [-0.39, 0.29) is 23.1 Å². The molecule has 0 aliphatic carbocycles. The molecule has 1 aliphatic heterocycles. The standard InChI is InChI=1S/C16H21NO4/c1-2-10-21-12-6-5-9-17(11-12)15(18)13-7-3-4-8-14(13)16(19)20/h3-4,7-8,12H,2,5-6,9-11H2,1H3,(H,19,20). The van der Waals surface area contributed by atoms with Crippen molar-refractivity contribution in [1.82, 2.24) is 4.90 Å². The molecule has 1 fully saturated rings. The molecule has 1 aromatic rings. The first-order valence-electron chi connectivity index (χ1n) is 7.36. The van der Waals surface area contributed by atoms with Gasteiger partial charge >= 0.3 is 5.97 Å². The van der Waals surface area contributed by atoms with Crippen molar-refractivity contribution in [2.45, 2.75) is 32.3 Å². The number of carboxylic acid groups (broad SMARTS) is 1. The van der Waals surface area contributed by atoms with Gasteiger partial charge in [-0.2, -0.15) is 0 Å². The van der Waals surface area contributed by atoms with Crippen molar-refractivity contribution in [2.75, 3.05) is 19.7 Å². The number of likely N-dealkylation sites (tertiary alicyclic amines) is 1. The Bertz CT molecular complexity index is 515. The molecule has 1 heterocycles. The summed E-state index contributed by atoms with van der Waals surface area (Å²) in [5.74, 6) is -1.30. The second-order valence-electron chi connectivity index (χ2n) is 5.24. The van der Waals surface area contributed by atoms with Crippen LogP contribution in [-0.4, -0.2) is 47.7 Å². The molecule has 5 nitrogen and oxygen atoms in total. The highest BCUT2D eigenvalue weighted by atomic mass is 16.5. The maximum Gasteiger partial charge on any atom is 0.336 e. The van der Waals surface area contributed by atoms with Crippen LogP contribution in [0.1, 0.15) is 46.9 Å². The van der Waals surface area contributed by atoms with Gasteiger partial charge in [0.2, 0.25) is 0 Å². The summed E-state index contributed by atoms with van der Waals surface area (Å²) < 4.78 is 5.72. The minimum atomic E-state index is -1.07. The fourth-order valence-corrected chi connectivity index (χ4v) is 2.57. The molecule has 1 unspecified atom stereocenters. The van der Waals surface area contributed by atoms with Crippen molar-refractivity contribution in [3.63, 3.8) is 0 Å². The van der Waals surface area contributed by atoms with Crippen LogP contribution in [0.3, 0.4) is 0 Å². The van der Waals surface area contributed by atoms with Gasteiger partial charge in [0, 0.05) is 19.7 Å². The topological polar surface area (TPSA) is 66.8 Å². The van der Waals surface area contributed by atoms with Crippen LogP contribution in [0.5, 0.6) is 0 Å². The van der Waals surface area contributed by atoms with E-state index in [0.29, 0.717) is 19.7 Å². The van der Waals surface area contributed by atoms with Gasteiger partial charge in [0.25, 0.3) is 5.91 Å². The van der Waals surface area contributed by atoms with Crippen LogP contribution in [-0.2, 0) is 4.74 Å². The Hall–Kier alpha value is -1.88. The molecule has 1 saturated heterocycles. The molecule has 1 atom stereocenters. The van der Waals surface area contributed by atoms with Crippen molar-refractivity contribution in [3.8, 4) is 0 Å². The fraction of sp³-hybridized carbons (Fsp3) is 0.500. The molecule has 5 heteroatoms. The first-order valence-corrected chi connectivity index (χ1v) is 7.36. The minimum absolute atomic E-state index is 0.0547. The average molecular weight is 291 g/mol. The predicted octanol–water partition coefficient (Wildman–Crippen LogP) is 2.42. The quantitative estimate of drug-likeness (QED) is 0.904. The molecule has 0 aromatic heterocycles. The van der Waals surface area contributed by atoms with Crippen LogP contribution in [0, 0.1) is 0 Å². The zero-order valence-electron chi connectivity index (χ0n) is 12.2. The third kappa shape index (κ3) is 3.82. The van der Waals surface area contributed by atoms with Gasteiger partial charge in [-0.3, -0.25) is 4.79 Å². The molecule has 114 valence electrons. The van der Waals surface area contributed by atoms with E-state index >= 15 is 0 Å². The van der Waals surface area contributed by atoms with Crippen molar-refractivity contribution in [2.24, 2.45) is 0 Å². The maximum absolute atomic E-state index is 12.6.